The third-order valence-electron chi connectivity index (χ3n) is 5.07. The van der Waals surface area contributed by atoms with Gasteiger partial charge in [-0.2, -0.15) is 0 Å². The normalized spacial score (nSPS) is 27.7. The Kier molecular flexibility index (Phi) is 3.75. The third kappa shape index (κ3) is 2.65. The average Bonchev–Trinajstić information content (AvgIpc) is 2.94. The van der Waals surface area contributed by atoms with Gasteiger partial charge in [0.2, 0.25) is 0 Å². The van der Waals surface area contributed by atoms with E-state index in [4.69, 9.17) is 4.74 Å². The van der Waals surface area contributed by atoms with Gasteiger partial charge in [0, 0.05) is 36.1 Å². The lowest BCUT2D eigenvalue weighted by Gasteiger charge is -2.54. The van der Waals surface area contributed by atoms with Crippen molar-refractivity contribution < 1.29 is 14.5 Å². The molecule has 1 heterocycles. The van der Waals surface area contributed by atoms with Crippen molar-refractivity contribution in [2.75, 3.05) is 11.9 Å². The van der Waals surface area contributed by atoms with Crippen molar-refractivity contribution in [1.29, 1.82) is 0 Å². The summed E-state index contributed by atoms with van der Waals surface area (Å²) in [4.78, 5) is 22.7. The molecule has 2 amide bonds. The van der Waals surface area contributed by atoms with Gasteiger partial charge in [-0.25, -0.2) is 4.79 Å². The van der Waals surface area contributed by atoms with Crippen LogP contribution in [0.2, 0.25) is 0 Å². The first-order valence-electron chi connectivity index (χ1n) is 7.75. The molecular weight excluding hydrogens is 298 g/mol. The van der Waals surface area contributed by atoms with Gasteiger partial charge in [-0.3, -0.25) is 10.1 Å². The van der Waals surface area contributed by atoms with E-state index in [0.717, 1.165) is 18.6 Å². The quantitative estimate of drug-likeness (QED) is 0.661. The second-order valence-electron chi connectivity index (χ2n) is 6.90. The number of nitro groups is 1. The number of carbonyl (C=O) groups is 1. The molecule has 1 aromatic carbocycles. The molecule has 1 aliphatic carbocycles. The van der Waals surface area contributed by atoms with Gasteiger partial charge in [-0.1, -0.05) is 19.9 Å². The first-order valence-corrected chi connectivity index (χ1v) is 7.75. The maximum absolute atomic E-state index is 12.3. The number of rotatable bonds is 3. The summed E-state index contributed by atoms with van der Waals surface area (Å²) in [7, 11) is 0. The van der Waals surface area contributed by atoms with E-state index in [1.807, 2.05) is 0 Å². The van der Waals surface area contributed by atoms with Gasteiger partial charge in [-0.05, 0) is 18.9 Å². The predicted octanol–water partition coefficient (Wildman–Crippen LogP) is 2.84. The van der Waals surface area contributed by atoms with Gasteiger partial charge in [0.15, 0.2) is 0 Å². The molecule has 0 bridgehead atoms. The van der Waals surface area contributed by atoms with Gasteiger partial charge >= 0.3 is 6.03 Å². The highest BCUT2D eigenvalue weighted by Crippen LogP contribution is 2.52. The Morgan fingerprint density at radius 3 is 2.87 bits per heavy atom. The zero-order valence-electron chi connectivity index (χ0n) is 13.5. The molecule has 2 fully saturated rings. The number of anilines is 1. The second kappa shape index (κ2) is 5.49. The molecule has 0 aromatic heterocycles. The number of hydrogen-bond acceptors (Lipinski definition) is 4. The van der Waals surface area contributed by atoms with Crippen LogP contribution in [0.3, 0.4) is 0 Å². The first kappa shape index (κ1) is 15.7. The SMILES string of the molecule is Cc1ccc([N+](=O)[O-])cc1NC(=O)N[C@@H]1[C@@H]2CCO[C@H]2C1(C)C. The van der Waals surface area contributed by atoms with Crippen molar-refractivity contribution >= 4 is 17.4 Å². The Morgan fingerprint density at radius 1 is 1.43 bits per heavy atom. The molecule has 124 valence electrons. The molecule has 1 aliphatic heterocycles. The van der Waals surface area contributed by atoms with Gasteiger partial charge in [0.25, 0.3) is 5.69 Å². The van der Waals surface area contributed by atoms with Crippen LogP contribution in [0.15, 0.2) is 18.2 Å². The second-order valence-corrected chi connectivity index (χ2v) is 6.90. The maximum atomic E-state index is 12.3. The largest absolute Gasteiger partial charge is 0.377 e. The summed E-state index contributed by atoms with van der Waals surface area (Å²) in [5.41, 5.74) is 1.09. The zero-order chi connectivity index (χ0) is 16.8. The molecule has 2 N–H and O–H groups in total. The van der Waals surface area contributed by atoms with Crippen LogP contribution in [0, 0.1) is 28.4 Å². The molecule has 3 atom stereocenters. The highest BCUT2D eigenvalue weighted by molar-refractivity contribution is 5.90. The van der Waals surface area contributed by atoms with Crippen molar-refractivity contribution in [2.45, 2.75) is 39.3 Å². The van der Waals surface area contributed by atoms with Crippen LogP contribution in [0.4, 0.5) is 16.2 Å². The number of aryl methyl sites for hydroxylation is 1. The van der Waals surface area contributed by atoms with Crippen LogP contribution in [-0.2, 0) is 4.74 Å². The highest BCUT2D eigenvalue weighted by Gasteiger charge is 2.59. The van der Waals surface area contributed by atoms with Gasteiger partial charge < -0.3 is 15.4 Å². The third-order valence-corrected chi connectivity index (χ3v) is 5.07. The molecule has 0 spiro atoms. The fourth-order valence-corrected chi connectivity index (χ4v) is 3.78. The van der Waals surface area contributed by atoms with E-state index >= 15 is 0 Å². The number of carbonyl (C=O) groups excluding carboxylic acids is 1. The molecule has 2 aliphatic rings. The molecule has 1 saturated carbocycles. The van der Waals surface area contributed by atoms with Crippen LogP contribution in [0.1, 0.15) is 25.8 Å². The average molecular weight is 319 g/mol. The lowest BCUT2D eigenvalue weighted by atomic mass is 9.57. The van der Waals surface area contributed by atoms with Crippen molar-refractivity contribution in [1.82, 2.24) is 5.32 Å². The Morgan fingerprint density at radius 2 is 2.17 bits per heavy atom. The van der Waals surface area contributed by atoms with E-state index in [-0.39, 0.29) is 29.3 Å². The van der Waals surface area contributed by atoms with Crippen LogP contribution in [0.25, 0.3) is 0 Å². The van der Waals surface area contributed by atoms with E-state index < -0.39 is 4.92 Å². The summed E-state index contributed by atoms with van der Waals surface area (Å²) in [6.45, 7) is 6.71. The molecule has 0 radical (unpaired) electrons. The standard InChI is InChI=1S/C16H21N3O4/c1-9-4-5-10(19(21)22)8-12(9)17-15(20)18-13-11-6-7-23-14(11)16(13,2)3/h4-5,8,11,13-14H,6-7H2,1-3H3,(H2,17,18,20)/t11-,13+,14+/m0/s1. The Labute approximate surface area is 134 Å². The molecule has 7 nitrogen and oxygen atoms in total. The van der Waals surface area contributed by atoms with E-state index in [1.54, 1.807) is 13.0 Å². The molecule has 1 saturated heterocycles. The number of benzene rings is 1. The topological polar surface area (TPSA) is 93.5 Å². The number of non-ortho nitro benzene ring substituents is 1. The fraction of sp³-hybridized carbons (Fsp3) is 0.562. The fourth-order valence-electron chi connectivity index (χ4n) is 3.78. The van der Waals surface area contributed by atoms with E-state index in [0.29, 0.717) is 11.6 Å². The lowest BCUT2D eigenvalue weighted by molar-refractivity contribution is -0.384. The van der Waals surface area contributed by atoms with Gasteiger partial charge in [-0.15, -0.1) is 0 Å². The first-order chi connectivity index (χ1) is 10.8. The minimum absolute atomic E-state index is 0.0425. The number of ether oxygens (including phenoxy) is 1. The number of hydrogen-bond donors (Lipinski definition) is 2. The van der Waals surface area contributed by atoms with Crippen LogP contribution in [-0.4, -0.2) is 29.7 Å². The minimum atomic E-state index is -0.474. The molecule has 0 unspecified atom stereocenters. The van der Waals surface area contributed by atoms with Crippen molar-refractivity contribution in [3.05, 3.63) is 33.9 Å². The summed E-state index contributed by atoms with van der Waals surface area (Å²) in [5.74, 6) is 0.349. The molecule has 7 heteroatoms. The van der Waals surface area contributed by atoms with E-state index in [2.05, 4.69) is 24.5 Å². The number of fused-ring (bicyclic) bond motifs is 1. The van der Waals surface area contributed by atoms with Crippen LogP contribution >= 0.6 is 0 Å². The van der Waals surface area contributed by atoms with E-state index in [9.17, 15) is 14.9 Å². The summed E-state index contributed by atoms with van der Waals surface area (Å²) in [5, 5.41) is 16.6. The lowest BCUT2D eigenvalue weighted by Crippen LogP contribution is -2.67. The summed E-state index contributed by atoms with van der Waals surface area (Å²) < 4.78 is 5.71. The Hall–Kier alpha value is -2.15. The zero-order valence-corrected chi connectivity index (χ0v) is 13.5. The Bertz CT molecular complexity index is 659. The van der Waals surface area contributed by atoms with Crippen molar-refractivity contribution in [2.24, 2.45) is 11.3 Å². The summed E-state index contributed by atoms with van der Waals surface area (Å²) in [6.07, 6.45) is 1.15. The molecular formula is C16H21N3O4. The monoisotopic (exact) mass is 319 g/mol. The molecule has 3 rings (SSSR count). The van der Waals surface area contributed by atoms with Gasteiger partial charge in [0.05, 0.1) is 16.7 Å². The summed E-state index contributed by atoms with van der Waals surface area (Å²) >= 11 is 0. The number of nitrogens with one attached hydrogen (secondary N) is 2. The maximum Gasteiger partial charge on any atom is 0.319 e. The van der Waals surface area contributed by atoms with E-state index in [1.165, 1.54) is 12.1 Å². The summed E-state index contributed by atoms with van der Waals surface area (Å²) in [6, 6.07) is 4.14. The minimum Gasteiger partial charge on any atom is -0.377 e. The van der Waals surface area contributed by atoms with Crippen molar-refractivity contribution in [3.8, 4) is 0 Å². The van der Waals surface area contributed by atoms with Crippen LogP contribution < -0.4 is 10.6 Å². The number of urea groups is 1. The number of nitro benzene ring substituents is 1. The smallest absolute Gasteiger partial charge is 0.319 e. The highest BCUT2D eigenvalue weighted by atomic mass is 16.6. The molecule has 23 heavy (non-hydrogen) atoms. The molecule has 1 aromatic rings. The van der Waals surface area contributed by atoms with Crippen molar-refractivity contribution in [3.63, 3.8) is 0 Å². The Balaban J connectivity index is 1.68. The van der Waals surface area contributed by atoms with Gasteiger partial charge in [0.1, 0.15) is 0 Å². The van der Waals surface area contributed by atoms with Crippen LogP contribution in [0.5, 0.6) is 0 Å². The number of nitrogens with zero attached hydrogens (tertiary/aromatic N) is 1. The predicted molar refractivity (Wildman–Crippen MR) is 85.4 cm³/mol. The number of amides is 2.